The van der Waals surface area contributed by atoms with Gasteiger partial charge in [-0.3, -0.25) is 0 Å². The van der Waals surface area contributed by atoms with E-state index < -0.39 is 0 Å². The summed E-state index contributed by atoms with van der Waals surface area (Å²) in [4.78, 5) is 0. The Balaban J connectivity index is 3.54. The van der Waals surface area contributed by atoms with Crippen LogP contribution < -0.4 is 0 Å². The standard InChI is InChI=1S/C20H43S/c1-4-7-10-11-12-13-14-17-20-21(18-15-8-5-2)19-16-9-6-3/h4-20H2,1-3H3/q+1. The molecule has 0 aromatic carbocycles. The molecule has 0 saturated heterocycles. The predicted octanol–water partition coefficient (Wildman–Crippen LogP) is 7.13. The lowest BCUT2D eigenvalue weighted by molar-refractivity contribution is 0.586. The molecule has 0 saturated carbocycles. The maximum absolute atomic E-state index is 2.33. The molecule has 0 fully saturated rings. The normalized spacial score (nSPS) is 11.4. The topological polar surface area (TPSA) is 0 Å². The maximum atomic E-state index is 2.33. The number of hydrogen-bond acceptors (Lipinski definition) is 0. The summed E-state index contributed by atoms with van der Waals surface area (Å²) in [5.74, 6) is 4.62. The SMILES string of the molecule is CCCCCCCCCC[S+](CCCCC)CCCCC. The third-order valence-electron chi connectivity index (χ3n) is 4.36. The van der Waals surface area contributed by atoms with Crippen molar-refractivity contribution in [2.45, 2.75) is 111 Å². The molecule has 0 spiro atoms. The van der Waals surface area contributed by atoms with Gasteiger partial charge in [0.05, 0.1) is 0 Å². The van der Waals surface area contributed by atoms with Crippen LogP contribution in [-0.2, 0) is 10.9 Å². The van der Waals surface area contributed by atoms with Crippen LogP contribution in [0.4, 0.5) is 0 Å². The van der Waals surface area contributed by atoms with Gasteiger partial charge < -0.3 is 0 Å². The van der Waals surface area contributed by atoms with Crippen molar-refractivity contribution < 1.29 is 0 Å². The predicted molar refractivity (Wildman–Crippen MR) is 104 cm³/mol. The molecule has 1 heteroatoms. The molecule has 0 heterocycles. The molecule has 0 bridgehead atoms. The fourth-order valence-electron chi connectivity index (χ4n) is 2.86. The van der Waals surface area contributed by atoms with Crippen LogP contribution in [0, 0.1) is 0 Å². The van der Waals surface area contributed by atoms with Crippen LogP contribution in [-0.4, -0.2) is 17.3 Å². The molecule has 21 heavy (non-hydrogen) atoms. The van der Waals surface area contributed by atoms with E-state index in [1.54, 1.807) is 5.75 Å². The zero-order chi connectivity index (χ0) is 15.6. The first kappa shape index (κ1) is 21.4. The lowest BCUT2D eigenvalue weighted by Crippen LogP contribution is -2.16. The average molecular weight is 316 g/mol. The van der Waals surface area contributed by atoms with Gasteiger partial charge >= 0.3 is 0 Å². The molecule has 0 atom stereocenters. The second-order valence-electron chi connectivity index (χ2n) is 6.61. The van der Waals surface area contributed by atoms with Crippen molar-refractivity contribution in [1.29, 1.82) is 0 Å². The summed E-state index contributed by atoms with van der Waals surface area (Å²) in [6.45, 7) is 6.96. The van der Waals surface area contributed by atoms with Crippen LogP contribution in [0.2, 0.25) is 0 Å². The van der Waals surface area contributed by atoms with E-state index in [4.69, 9.17) is 0 Å². The molecule has 0 aromatic heterocycles. The van der Waals surface area contributed by atoms with E-state index in [1.807, 2.05) is 0 Å². The molecular weight excluding hydrogens is 272 g/mol. The Kier molecular flexibility index (Phi) is 18.7. The van der Waals surface area contributed by atoms with Crippen LogP contribution in [0.5, 0.6) is 0 Å². The first-order valence-corrected chi connectivity index (χ1v) is 11.7. The van der Waals surface area contributed by atoms with Crippen molar-refractivity contribution in [3.05, 3.63) is 0 Å². The Labute approximate surface area is 139 Å². The summed E-state index contributed by atoms with van der Waals surface area (Å²) in [6.07, 6.45) is 20.4. The summed E-state index contributed by atoms with van der Waals surface area (Å²) < 4.78 is 0. The third-order valence-corrected chi connectivity index (χ3v) is 6.96. The van der Waals surface area contributed by atoms with Crippen LogP contribution in [0.15, 0.2) is 0 Å². The van der Waals surface area contributed by atoms with Crippen molar-refractivity contribution in [2.75, 3.05) is 17.3 Å². The first-order valence-electron chi connectivity index (χ1n) is 9.99. The fraction of sp³-hybridized carbons (Fsp3) is 1.00. The Morgan fingerprint density at radius 1 is 0.381 bits per heavy atom. The van der Waals surface area contributed by atoms with Crippen molar-refractivity contribution in [2.24, 2.45) is 0 Å². The van der Waals surface area contributed by atoms with E-state index in [-0.39, 0.29) is 0 Å². The molecule has 0 amide bonds. The quantitative estimate of drug-likeness (QED) is 0.198. The van der Waals surface area contributed by atoms with Crippen molar-refractivity contribution in [3.8, 4) is 0 Å². The maximum Gasteiger partial charge on any atom is 0.108 e. The van der Waals surface area contributed by atoms with Gasteiger partial charge in [0.15, 0.2) is 0 Å². The monoisotopic (exact) mass is 315 g/mol. The molecule has 0 nitrogen and oxygen atoms in total. The summed E-state index contributed by atoms with van der Waals surface area (Å²) in [7, 11) is 0.762. The van der Waals surface area contributed by atoms with Gasteiger partial charge in [0.25, 0.3) is 0 Å². The van der Waals surface area contributed by atoms with Gasteiger partial charge in [-0.2, -0.15) is 0 Å². The molecule has 0 aliphatic heterocycles. The van der Waals surface area contributed by atoms with Crippen molar-refractivity contribution >= 4 is 10.9 Å². The molecule has 0 radical (unpaired) electrons. The van der Waals surface area contributed by atoms with Crippen LogP contribution >= 0.6 is 0 Å². The van der Waals surface area contributed by atoms with Crippen molar-refractivity contribution in [1.82, 2.24) is 0 Å². The Bertz CT molecular complexity index is 169. The molecule has 128 valence electrons. The minimum Gasteiger partial charge on any atom is -0.0654 e. The lowest BCUT2D eigenvalue weighted by Gasteiger charge is -2.09. The minimum absolute atomic E-state index is 0.762. The number of rotatable bonds is 17. The summed E-state index contributed by atoms with van der Waals surface area (Å²) in [5.41, 5.74) is 0. The fourth-order valence-corrected chi connectivity index (χ4v) is 5.31. The minimum atomic E-state index is 0.762. The van der Waals surface area contributed by atoms with Crippen LogP contribution in [0.1, 0.15) is 111 Å². The van der Waals surface area contributed by atoms with E-state index in [0.29, 0.717) is 0 Å². The zero-order valence-electron chi connectivity index (χ0n) is 15.4. The second-order valence-corrected chi connectivity index (χ2v) is 9.06. The molecule has 0 aliphatic rings. The smallest absolute Gasteiger partial charge is 0.0654 e. The Morgan fingerprint density at radius 2 is 0.667 bits per heavy atom. The lowest BCUT2D eigenvalue weighted by atomic mass is 10.1. The van der Waals surface area contributed by atoms with Gasteiger partial charge in [-0.15, -0.1) is 0 Å². The third kappa shape index (κ3) is 16.5. The molecule has 0 aromatic rings. The summed E-state index contributed by atoms with van der Waals surface area (Å²) in [5, 5.41) is 0. The highest BCUT2D eigenvalue weighted by Crippen LogP contribution is 2.13. The van der Waals surface area contributed by atoms with E-state index in [9.17, 15) is 0 Å². The van der Waals surface area contributed by atoms with Gasteiger partial charge in [-0.1, -0.05) is 72.1 Å². The largest absolute Gasteiger partial charge is 0.108 e. The second kappa shape index (κ2) is 18.4. The van der Waals surface area contributed by atoms with Crippen molar-refractivity contribution in [3.63, 3.8) is 0 Å². The summed E-state index contributed by atoms with van der Waals surface area (Å²) in [6, 6.07) is 0. The van der Waals surface area contributed by atoms with Gasteiger partial charge in [-0.25, -0.2) is 0 Å². The van der Waals surface area contributed by atoms with Gasteiger partial charge in [0.1, 0.15) is 17.3 Å². The number of hydrogen-bond donors (Lipinski definition) is 0. The van der Waals surface area contributed by atoms with Gasteiger partial charge in [0, 0.05) is 0 Å². The van der Waals surface area contributed by atoms with E-state index >= 15 is 0 Å². The molecule has 0 aliphatic carbocycles. The van der Waals surface area contributed by atoms with Crippen LogP contribution in [0.3, 0.4) is 0 Å². The average Bonchev–Trinajstić information content (AvgIpc) is 2.49. The zero-order valence-corrected chi connectivity index (χ0v) is 16.2. The molecule has 0 N–H and O–H groups in total. The van der Waals surface area contributed by atoms with Gasteiger partial charge in [-0.05, 0) is 49.4 Å². The highest BCUT2D eigenvalue weighted by Gasteiger charge is 2.16. The number of unbranched alkanes of at least 4 members (excludes halogenated alkanes) is 11. The first-order chi connectivity index (χ1) is 10.3. The van der Waals surface area contributed by atoms with E-state index in [1.165, 1.54) is 101 Å². The molecule has 0 unspecified atom stereocenters. The molecule has 0 rings (SSSR count). The van der Waals surface area contributed by atoms with E-state index in [2.05, 4.69) is 20.8 Å². The van der Waals surface area contributed by atoms with E-state index in [0.717, 1.165) is 10.9 Å². The molecular formula is C20H43S+. The highest BCUT2D eigenvalue weighted by molar-refractivity contribution is 7.96. The summed E-state index contributed by atoms with van der Waals surface area (Å²) >= 11 is 0. The Morgan fingerprint density at radius 3 is 1.10 bits per heavy atom. The van der Waals surface area contributed by atoms with Gasteiger partial charge in [0.2, 0.25) is 0 Å². The Hall–Kier alpha value is 0.350. The highest BCUT2D eigenvalue weighted by atomic mass is 32.2. The van der Waals surface area contributed by atoms with Crippen LogP contribution in [0.25, 0.3) is 0 Å².